The topological polar surface area (TPSA) is 96.5 Å². The van der Waals surface area contributed by atoms with Crippen LogP contribution in [0, 0.1) is 10.1 Å². The average Bonchev–Trinajstić information content (AvgIpc) is 2.86. The van der Waals surface area contributed by atoms with Crippen LogP contribution in [-0.2, 0) is 15.7 Å². The van der Waals surface area contributed by atoms with E-state index < -0.39 is 19.2 Å². The molecule has 0 fully saturated rings. The van der Waals surface area contributed by atoms with Crippen LogP contribution < -0.4 is 0 Å². The van der Waals surface area contributed by atoms with Crippen LogP contribution in [0.5, 0.6) is 0 Å². The first-order valence-electron chi connectivity index (χ1n) is 7.43. The predicted octanol–water partition coefficient (Wildman–Crippen LogP) is 2.99. The molecule has 23 heavy (non-hydrogen) atoms. The van der Waals surface area contributed by atoms with E-state index in [0.717, 1.165) is 7.11 Å². The lowest BCUT2D eigenvalue weighted by atomic mass is 10.2. The van der Waals surface area contributed by atoms with Crippen molar-refractivity contribution in [1.82, 2.24) is 9.78 Å². The number of rotatable bonds is 7. The molecule has 0 spiro atoms. The molecule has 0 amide bonds. The van der Waals surface area contributed by atoms with E-state index in [1.54, 1.807) is 0 Å². The van der Waals surface area contributed by atoms with E-state index >= 15 is 0 Å². The van der Waals surface area contributed by atoms with Crippen LogP contribution in [-0.4, -0.2) is 42.7 Å². The first-order chi connectivity index (χ1) is 10.5. The summed E-state index contributed by atoms with van der Waals surface area (Å²) < 4.78 is 11.9. The Morgan fingerprint density at radius 2 is 2.04 bits per heavy atom. The van der Waals surface area contributed by atoms with E-state index in [1.165, 1.54) is 10.9 Å². The van der Waals surface area contributed by atoms with E-state index in [-0.39, 0.29) is 16.4 Å². The number of aromatic nitrogens is 2. The maximum absolute atomic E-state index is 11.5. The fraction of sp³-hybridized carbons (Fsp3) is 0.714. The van der Waals surface area contributed by atoms with Crippen LogP contribution in [0.25, 0.3) is 0 Å². The van der Waals surface area contributed by atoms with Gasteiger partial charge in [0.05, 0.1) is 12.0 Å². The van der Waals surface area contributed by atoms with Crippen molar-refractivity contribution in [3.8, 4) is 0 Å². The summed E-state index contributed by atoms with van der Waals surface area (Å²) in [5.41, 5.74) is -0.620. The molecule has 0 aliphatic heterocycles. The second-order valence-corrected chi connectivity index (χ2v) is 11.6. The van der Waals surface area contributed by atoms with Gasteiger partial charge in [0.2, 0.25) is 5.69 Å². The highest BCUT2D eigenvalue weighted by Gasteiger charge is 2.36. The minimum atomic E-state index is -1.80. The zero-order chi connectivity index (χ0) is 17.8. The van der Waals surface area contributed by atoms with Gasteiger partial charge in [-0.25, -0.2) is 4.79 Å². The van der Waals surface area contributed by atoms with Gasteiger partial charge in [0.15, 0.2) is 8.32 Å². The summed E-state index contributed by atoms with van der Waals surface area (Å²) in [6, 6.07) is 0. The molecular formula is C14H25N3O5Si. The molecule has 1 aromatic heterocycles. The van der Waals surface area contributed by atoms with Crippen molar-refractivity contribution in [3.63, 3.8) is 0 Å². The molecule has 0 aromatic carbocycles. The maximum atomic E-state index is 11.5. The molecule has 0 radical (unpaired) electrons. The van der Waals surface area contributed by atoms with Gasteiger partial charge < -0.3 is 9.16 Å². The molecule has 0 aliphatic carbocycles. The molecule has 0 atom stereocenters. The Balaban J connectivity index is 2.66. The molecule has 0 saturated heterocycles. The van der Waals surface area contributed by atoms with Crippen LogP contribution in [0.4, 0.5) is 5.69 Å². The van der Waals surface area contributed by atoms with Gasteiger partial charge in [0.1, 0.15) is 6.20 Å². The number of methoxy groups -OCH3 is 1. The maximum Gasteiger partial charge on any atom is 0.365 e. The number of nitro groups is 1. The third kappa shape index (κ3) is 4.86. The van der Waals surface area contributed by atoms with Crippen LogP contribution in [0.1, 0.15) is 37.7 Å². The number of aryl methyl sites for hydroxylation is 1. The summed E-state index contributed by atoms with van der Waals surface area (Å²) in [4.78, 5) is 21.8. The Kier molecular flexibility index (Phi) is 6.06. The van der Waals surface area contributed by atoms with Crippen molar-refractivity contribution in [3.05, 3.63) is 22.0 Å². The first kappa shape index (κ1) is 19.3. The Hall–Kier alpha value is -1.74. The highest BCUT2D eigenvalue weighted by molar-refractivity contribution is 6.74. The second-order valence-electron chi connectivity index (χ2n) is 6.84. The number of hydrogen-bond donors (Lipinski definition) is 0. The fourth-order valence-corrected chi connectivity index (χ4v) is 2.76. The summed E-state index contributed by atoms with van der Waals surface area (Å²) in [5, 5.41) is 15.0. The molecule has 130 valence electrons. The Labute approximate surface area is 137 Å². The largest absolute Gasteiger partial charge is 0.464 e. The zero-order valence-electron chi connectivity index (χ0n) is 14.6. The van der Waals surface area contributed by atoms with Crippen molar-refractivity contribution in [2.24, 2.45) is 0 Å². The molecule has 9 heteroatoms. The minimum Gasteiger partial charge on any atom is -0.464 e. The number of carbonyl (C=O) groups excluding carboxylic acids is 1. The Bertz CT molecular complexity index is 577. The summed E-state index contributed by atoms with van der Waals surface area (Å²) in [5.74, 6) is -0.812. The zero-order valence-corrected chi connectivity index (χ0v) is 15.6. The molecule has 1 aromatic rings. The average molecular weight is 343 g/mol. The lowest BCUT2D eigenvalue weighted by molar-refractivity contribution is -0.385. The molecule has 8 nitrogen and oxygen atoms in total. The SMILES string of the molecule is COC(=O)c1nn(CCCO[Si](C)(C)C(C)(C)C)cc1[N+](=O)[O-]. The Morgan fingerprint density at radius 1 is 1.43 bits per heavy atom. The molecule has 0 aliphatic rings. The summed E-state index contributed by atoms with van der Waals surface area (Å²) >= 11 is 0. The van der Waals surface area contributed by atoms with E-state index in [9.17, 15) is 14.9 Å². The van der Waals surface area contributed by atoms with Gasteiger partial charge in [0, 0.05) is 13.2 Å². The number of nitrogens with zero attached hydrogens (tertiary/aromatic N) is 3. The number of esters is 1. The molecule has 0 N–H and O–H groups in total. The number of ether oxygens (including phenoxy) is 1. The third-order valence-corrected chi connectivity index (χ3v) is 8.66. The minimum absolute atomic E-state index is 0.134. The Morgan fingerprint density at radius 3 is 2.52 bits per heavy atom. The van der Waals surface area contributed by atoms with E-state index in [0.29, 0.717) is 19.6 Å². The van der Waals surface area contributed by atoms with E-state index in [2.05, 4.69) is 43.7 Å². The van der Waals surface area contributed by atoms with Crippen molar-refractivity contribution in [1.29, 1.82) is 0 Å². The smallest absolute Gasteiger partial charge is 0.365 e. The van der Waals surface area contributed by atoms with Gasteiger partial charge in [0.25, 0.3) is 0 Å². The molecule has 0 bridgehead atoms. The van der Waals surface area contributed by atoms with Crippen molar-refractivity contribution in [2.45, 2.75) is 51.9 Å². The molecule has 0 unspecified atom stereocenters. The quantitative estimate of drug-likeness (QED) is 0.248. The highest BCUT2D eigenvalue weighted by atomic mass is 28.4. The molecule has 1 heterocycles. The molecular weight excluding hydrogens is 318 g/mol. The molecule has 1 rings (SSSR count). The first-order valence-corrected chi connectivity index (χ1v) is 10.3. The van der Waals surface area contributed by atoms with Gasteiger partial charge >= 0.3 is 11.7 Å². The molecule has 0 saturated carbocycles. The van der Waals surface area contributed by atoms with Crippen LogP contribution in [0.3, 0.4) is 0 Å². The predicted molar refractivity (Wildman–Crippen MR) is 88.0 cm³/mol. The summed E-state index contributed by atoms with van der Waals surface area (Å²) in [6.07, 6.45) is 1.91. The normalized spacial score (nSPS) is 12.3. The van der Waals surface area contributed by atoms with E-state index in [1.807, 2.05) is 0 Å². The van der Waals surface area contributed by atoms with Gasteiger partial charge in [-0.15, -0.1) is 0 Å². The highest BCUT2D eigenvalue weighted by Crippen LogP contribution is 2.36. The van der Waals surface area contributed by atoms with Gasteiger partial charge in [-0.2, -0.15) is 5.10 Å². The number of hydrogen-bond acceptors (Lipinski definition) is 6. The third-order valence-electron chi connectivity index (χ3n) is 4.12. The van der Waals surface area contributed by atoms with Crippen molar-refractivity contribution in [2.75, 3.05) is 13.7 Å². The summed E-state index contributed by atoms with van der Waals surface area (Å²) in [6.45, 7) is 11.8. The fourth-order valence-electron chi connectivity index (χ4n) is 1.67. The van der Waals surface area contributed by atoms with E-state index in [4.69, 9.17) is 4.43 Å². The van der Waals surface area contributed by atoms with Crippen molar-refractivity contribution < 1.29 is 18.9 Å². The second kappa shape index (κ2) is 7.22. The van der Waals surface area contributed by atoms with Gasteiger partial charge in [-0.05, 0) is 24.6 Å². The monoisotopic (exact) mass is 343 g/mol. The number of carbonyl (C=O) groups is 1. The van der Waals surface area contributed by atoms with Crippen LogP contribution >= 0.6 is 0 Å². The summed E-state index contributed by atoms with van der Waals surface area (Å²) in [7, 11) is -0.638. The standard InChI is InChI=1S/C14H25N3O5Si/c1-14(2,3)23(5,6)22-9-7-8-16-10-11(17(19)20)12(15-16)13(18)21-4/h10H,7-9H2,1-6H3. The van der Waals surface area contributed by atoms with Crippen molar-refractivity contribution >= 4 is 20.0 Å². The van der Waals surface area contributed by atoms with Gasteiger partial charge in [-0.1, -0.05) is 20.8 Å². The lowest BCUT2D eigenvalue weighted by Gasteiger charge is -2.36. The lowest BCUT2D eigenvalue weighted by Crippen LogP contribution is -2.41. The van der Waals surface area contributed by atoms with Gasteiger partial charge in [-0.3, -0.25) is 14.8 Å². The van der Waals surface area contributed by atoms with Crippen LogP contribution in [0.15, 0.2) is 6.20 Å². The van der Waals surface area contributed by atoms with Crippen LogP contribution in [0.2, 0.25) is 18.1 Å².